The molecule has 0 saturated heterocycles. The number of benzene rings is 1. The van der Waals surface area contributed by atoms with E-state index < -0.39 is 17.0 Å². The fourth-order valence-electron chi connectivity index (χ4n) is 1.68. The molecule has 7 nitrogen and oxygen atoms in total. The Balaban J connectivity index is 2.90. The fourth-order valence-corrected chi connectivity index (χ4v) is 1.68. The van der Waals surface area contributed by atoms with Crippen molar-refractivity contribution in [2.45, 2.75) is 33.4 Å². The topological polar surface area (TPSA) is 90.7 Å². The van der Waals surface area contributed by atoms with Gasteiger partial charge in [-0.25, -0.2) is 4.79 Å². The number of nitro benzene ring substituents is 1. The van der Waals surface area contributed by atoms with Gasteiger partial charge in [-0.05, 0) is 32.0 Å². The Labute approximate surface area is 123 Å². The molecular weight excluding hydrogens is 276 g/mol. The first-order chi connectivity index (χ1) is 9.99. The molecule has 116 valence electrons. The Morgan fingerprint density at radius 3 is 2.71 bits per heavy atom. The molecule has 0 spiro atoms. The summed E-state index contributed by atoms with van der Waals surface area (Å²) in [5.74, 6) is -0.496. The van der Waals surface area contributed by atoms with Gasteiger partial charge in [0.2, 0.25) is 0 Å². The molecule has 1 atom stereocenters. The zero-order valence-electron chi connectivity index (χ0n) is 12.4. The van der Waals surface area contributed by atoms with Gasteiger partial charge >= 0.3 is 11.7 Å². The third kappa shape index (κ3) is 5.03. The SMILES string of the molecule is CCNCc1ccc(OC(C)C(=O)OCC)c([N+](=O)[O-])c1. The maximum atomic E-state index is 11.5. The van der Waals surface area contributed by atoms with E-state index in [0.29, 0.717) is 6.54 Å². The van der Waals surface area contributed by atoms with E-state index in [4.69, 9.17) is 9.47 Å². The molecule has 1 rings (SSSR count). The normalized spacial score (nSPS) is 11.8. The van der Waals surface area contributed by atoms with Crippen molar-refractivity contribution in [3.63, 3.8) is 0 Å². The van der Waals surface area contributed by atoms with Crippen LogP contribution in [0.25, 0.3) is 0 Å². The summed E-state index contributed by atoms with van der Waals surface area (Å²) in [6.07, 6.45) is -0.900. The Bertz CT molecular complexity index is 504. The molecule has 0 bridgehead atoms. The van der Waals surface area contributed by atoms with Crippen LogP contribution in [0, 0.1) is 10.1 Å². The minimum atomic E-state index is -0.900. The quantitative estimate of drug-likeness (QED) is 0.448. The number of nitrogens with one attached hydrogen (secondary N) is 1. The first-order valence-electron chi connectivity index (χ1n) is 6.80. The molecule has 1 aromatic carbocycles. The first-order valence-corrected chi connectivity index (χ1v) is 6.80. The van der Waals surface area contributed by atoms with Crippen LogP contribution in [0.1, 0.15) is 26.3 Å². The summed E-state index contributed by atoms with van der Waals surface area (Å²) in [4.78, 5) is 22.1. The highest BCUT2D eigenvalue weighted by molar-refractivity contribution is 5.74. The number of esters is 1. The van der Waals surface area contributed by atoms with Gasteiger partial charge < -0.3 is 14.8 Å². The molecule has 0 fully saturated rings. The third-order valence-corrected chi connectivity index (χ3v) is 2.72. The molecular formula is C14H20N2O5. The highest BCUT2D eigenvalue weighted by Gasteiger charge is 2.22. The average Bonchev–Trinajstić information content (AvgIpc) is 2.46. The average molecular weight is 296 g/mol. The lowest BCUT2D eigenvalue weighted by Gasteiger charge is -2.14. The van der Waals surface area contributed by atoms with E-state index in [1.54, 1.807) is 13.0 Å². The zero-order valence-corrected chi connectivity index (χ0v) is 12.4. The molecule has 0 aliphatic heterocycles. The highest BCUT2D eigenvalue weighted by atomic mass is 16.6. The predicted molar refractivity (Wildman–Crippen MR) is 77.2 cm³/mol. The van der Waals surface area contributed by atoms with E-state index in [-0.39, 0.29) is 18.0 Å². The number of nitro groups is 1. The molecule has 0 saturated carbocycles. The Kier molecular flexibility index (Phi) is 6.61. The summed E-state index contributed by atoms with van der Waals surface area (Å²) in [5.41, 5.74) is 0.612. The maximum absolute atomic E-state index is 11.5. The van der Waals surface area contributed by atoms with Crippen LogP contribution < -0.4 is 10.1 Å². The number of hydrogen-bond donors (Lipinski definition) is 1. The molecule has 0 aliphatic carbocycles. The molecule has 21 heavy (non-hydrogen) atoms. The Hall–Kier alpha value is -2.15. The van der Waals surface area contributed by atoms with Crippen molar-refractivity contribution in [3.8, 4) is 5.75 Å². The Morgan fingerprint density at radius 2 is 2.14 bits per heavy atom. The molecule has 0 heterocycles. The van der Waals surface area contributed by atoms with Crippen molar-refractivity contribution >= 4 is 11.7 Å². The summed E-state index contributed by atoms with van der Waals surface area (Å²) in [5, 5.41) is 14.2. The molecule has 1 unspecified atom stereocenters. The second kappa shape index (κ2) is 8.21. The van der Waals surface area contributed by atoms with E-state index in [2.05, 4.69) is 5.32 Å². The second-order valence-electron chi connectivity index (χ2n) is 4.35. The number of carbonyl (C=O) groups is 1. The predicted octanol–water partition coefficient (Wildman–Crippen LogP) is 2.03. The van der Waals surface area contributed by atoms with Gasteiger partial charge in [0.25, 0.3) is 0 Å². The lowest BCUT2D eigenvalue weighted by atomic mass is 10.2. The maximum Gasteiger partial charge on any atom is 0.347 e. The van der Waals surface area contributed by atoms with Crippen molar-refractivity contribution in [1.82, 2.24) is 5.32 Å². The Morgan fingerprint density at radius 1 is 1.43 bits per heavy atom. The zero-order chi connectivity index (χ0) is 15.8. The van der Waals surface area contributed by atoms with Gasteiger partial charge in [0.15, 0.2) is 11.9 Å². The van der Waals surface area contributed by atoms with Crippen LogP contribution in [-0.4, -0.2) is 30.1 Å². The van der Waals surface area contributed by atoms with Gasteiger partial charge in [-0.15, -0.1) is 0 Å². The van der Waals surface area contributed by atoms with Crippen molar-refractivity contribution in [2.24, 2.45) is 0 Å². The summed E-state index contributed by atoms with van der Waals surface area (Å²) in [6, 6.07) is 4.67. The molecule has 0 aromatic heterocycles. The number of rotatable bonds is 8. The van der Waals surface area contributed by atoms with Crippen molar-refractivity contribution in [2.75, 3.05) is 13.2 Å². The molecule has 0 radical (unpaired) electrons. The van der Waals surface area contributed by atoms with Crippen molar-refractivity contribution in [1.29, 1.82) is 0 Å². The van der Waals surface area contributed by atoms with Crippen LogP contribution in [0.4, 0.5) is 5.69 Å². The second-order valence-corrected chi connectivity index (χ2v) is 4.35. The lowest BCUT2D eigenvalue weighted by molar-refractivity contribution is -0.386. The van der Waals surface area contributed by atoms with Crippen LogP contribution in [0.3, 0.4) is 0 Å². The van der Waals surface area contributed by atoms with Crippen molar-refractivity contribution < 1.29 is 19.2 Å². The smallest absolute Gasteiger partial charge is 0.347 e. The van der Waals surface area contributed by atoms with Gasteiger partial charge in [-0.2, -0.15) is 0 Å². The number of nitrogens with zero attached hydrogens (tertiary/aromatic N) is 1. The lowest BCUT2D eigenvalue weighted by Crippen LogP contribution is -2.26. The monoisotopic (exact) mass is 296 g/mol. The van der Waals surface area contributed by atoms with Crippen LogP contribution in [0.2, 0.25) is 0 Å². The van der Waals surface area contributed by atoms with E-state index in [1.807, 2.05) is 6.92 Å². The van der Waals surface area contributed by atoms with Gasteiger partial charge in [0, 0.05) is 12.6 Å². The number of carbonyl (C=O) groups excluding carboxylic acids is 1. The highest BCUT2D eigenvalue weighted by Crippen LogP contribution is 2.29. The molecule has 0 amide bonds. The van der Waals surface area contributed by atoms with Crippen molar-refractivity contribution in [3.05, 3.63) is 33.9 Å². The van der Waals surface area contributed by atoms with Crippen LogP contribution in [0.5, 0.6) is 5.75 Å². The minimum absolute atomic E-state index is 0.0563. The van der Waals surface area contributed by atoms with E-state index in [1.165, 1.54) is 19.1 Å². The molecule has 7 heteroatoms. The van der Waals surface area contributed by atoms with Crippen LogP contribution in [0.15, 0.2) is 18.2 Å². The fraction of sp³-hybridized carbons (Fsp3) is 0.500. The van der Waals surface area contributed by atoms with E-state index >= 15 is 0 Å². The van der Waals surface area contributed by atoms with E-state index in [9.17, 15) is 14.9 Å². The molecule has 1 N–H and O–H groups in total. The summed E-state index contributed by atoms with van der Waals surface area (Å²) >= 11 is 0. The summed E-state index contributed by atoms with van der Waals surface area (Å²) < 4.78 is 10.2. The number of hydrogen-bond acceptors (Lipinski definition) is 6. The molecule has 0 aliphatic rings. The van der Waals surface area contributed by atoms with Gasteiger partial charge in [-0.3, -0.25) is 10.1 Å². The van der Waals surface area contributed by atoms with Gasteiger partial charge in [-0.1, -0.05) is 13.0 Å². The van der Waals surface area contributed by atoms with Crippen LogP contribution in [-0.2, 0) is 16.1 Å². The third-order valence-electron chi connectivity index (χ3n) is 2.72. The van der Waals surface area contributed by atoms with E-state index in [0.717, 1.165) is 12.1 Å². The first kappa shape index (κ1) is 16.9. The van der Waals surface area contributed by atoms with Gasteiger partial charge in [0.05, 0.1) is 11.5 Å². The van der Waals surface area contributed by atoms with Crippen LogP contribution >= 0.6 is 0 Å². The largest absolute Gasteiger partial charge is 0.472 e. The molecule has 1 aromatic rings. The minimum Gasteiger partial charge on any atom is -0.472 e. The number of ether oxygens (including phenoxy) is 2. The van der Waals surface area contributed by atoms with Gasteiger partial charge in [0.1, 0.15) is 0 Å². The standard InChI is InChI=1S/C14H20N2O5/c1-4-15-9-11-6-7-13(12(8-11)16(18)19)21-10(3)14(17)20-5-2/h6-8,10,15H,4-5,9H2,1-3H3. The summed E-state index contributed by atoms with van der Waals surface area (Å²) in [7, 11) is 0. The summed E-state index contributed by atoms with van der Waals surface area (Å²) in [6.45, 7) is 6.66.